The summed E-state index contributed by atoms with van der Waals surface area (Å²) in [6.07, 6.45) is 0.515. The highest BCUT2D eigenvalue weighted by Gasteiger charge is 2.07. The molecular formula is C9H15ClN2O2S2. The van der Waals surface area contributed by atoms with E-state index in [2.05, 4.69) is 5.32 Å². The van der Waals surface area contributed by atoms with E-state index in [1.807, 2.05) is 18.4 Å². The molecule has 1 unspecified atom stereocenters. The number of hydrogen-bond acceptors (Lipinski definition) is 4. The molecule has 0 bridgehead atoms. The van der Waals surface area contributed by atoms with Crippen LogP contribution in [0, 0.1) is 0 Å². The van der Waals surface area contributed by atoms with Crippen molar-refractivity contribution in [3.8, 4) is 0 Å². The Morgan fingerprint density at radius 3 is 2.81 bits per heavy atom. The van der Waals surface area contributed by atoms with Gasteiger partial charge in [0, 0.05) is 6.04 Å². The summed E-state index contributed by atoms with van der Waals surface area (Å²) < 4.78 is 22.1. The van der Waals surface area contributed by atoms with Crippen LogP contribution in [0.3, 0.4) is 0 Å². The molecule has 1 heterocycles. The van der Waals surface area contributed by atoms with Gasteiger partial charge in [-0.2, -0.15) is 0 Å². The standard InChI is InChI=1S/C9H15ClN2O2S2/c1-7(8-5-9(10)15-6-8)12-3-2-4-16(11,13)14/h5-7,12H,2-4H2,1H3,(H2,11,13,14). The van der Waals surface area contributed by atoms with Crippen LogP contribution in [-0.2, 0) is 10.0 Å². The van der Waals surface area contributed by atoms with Gasteiger partial charge in [-0.3, -0.25) is 0 Å². The smallest absolute Gasteiger partial charge is 0.209 e. The summed E-state index contributed by atoms with van der Waals surface area (Å²) in [6, 6.07) is 2.08. The molecule has 0 saturated carbocycles. The first-order valence-corrected chi connectivity index (χ1v) is 7.83. The van der Waals surface area contributed by atoms with Crippen molar-refractivity contribution in [2.75, 3.05) is 12.3 Å². The average molecular weight is 283 g/mol. The van der Waals surface area contributed by atoms with Gasteiger partial charge in [-0.05, 0) is 36.9 Å². The lowest BCUT2D eigenvalue weighted by atomic mass is 10.2. The Morgan fingerprint density at radius 2 is 2.31 bits per heavy atom. The Hall–Kier alpha value is -0.140. The van der Waals surface area contributed by atoms with E-state index in [1.54, 1.807) is 0 Å². The number of primary sulfonamides is 1. The van der Waals surface area contributed by atoms with Crippen LogP contribution >= 0.6 is 22.9 Å². The highest BCUT2D eigenvalue weighted by molar-refractivity contribution is 7.89. The van der Waals surface area contributed by atoms with E-state index in [9.17, 15) is 8.42 Å². The van der Waals surface area contributed by atoms with Gasteiger partial charge in [-0.15, -0.1) is 11.3 Å². The summed E-state index contributed by atoms with van der Waals surface area (Å²) in [6.45, 7) is 2.63. The van der Waals surface area contributed by atoms with Gasteiger partial charge in [-0.25, -0.2) is 13.6 Å². The molecule has 1 rings (SSSR count). The molecule has 1 atom stereocenters. The molecule has 0 aliphatic carbocycles. The molecule has 0 radical (unpaired) electrons. The number of sulfonamides is 1. The van der Waals surface area contributed by atoms with Gasteiger partial charge in [0.1, 0.15) is 0 Å². The summed E-state index contributed by atoms with van der Waals surface area (Å²) in [5.41, 5.74) is 1.12. The summed E-state index contributed by atoms with van der Waals surface area (Å²) in [7, 11) is -3.34. The van der Waals surface area contributed by atoms with Crippen molar-refractivity contribution in [2.24, 2.45) is 5.14 Å². The summed E-state index contributed by atoms with van der Waals surface area (Å²) in [4.78, 5) is 0. The van der Waals surface area contributed by atoms with Gasteiger partial charge in [0.2, 0.25) is 10.0 Å². The van der Waals surface area contributed by atoms with Crippen molar-refractivity contribution in [1.82, 2.24) is 5.32 Å². The third-order valence-electron chi connectivity index (χ3n) is 2.14. The van der Waals surface area contributed by atoms with E-state index in [0.717, 1.165) is 9.90 Å². The van der Waals surface area contributed by atoms with Crippen molar-refractivity contribution >= 4 is 33.0 Å². The van der Waals surface area contributed by atoms with Crippen LogP contribution in [0.1, 0.15) is 24.9 Å². The minimum Gasteiger partial charge on any atom is -0.310 e. The predicted octanol–water partition coefficient (Wildman–Crippen LogP) is 1.73. The maximum atomic E-state index is 10.7. The molecule has 1 aromatic heterocycles. The van der Waals surface area contributed by atoms with Crippen molar-refractivity contribution in [1.29, 1.82) is 0 Å². The minimum absolute atomic E-state index is 0.0110. The van der Waals surface area contributed by atoms with Gasteiger partial charge in [-0.1, -0.05) is 11.6 Å². The maximum absolute atomic E-state index is 10.7. The van der Waals surface area contributed by atoms with Crippen molar-refractivity contribution in [3.63, 3.8) is 0 Å². The van der Waals surface area contributed by atoms with Gasteiger partial charge in [0.05, 0.1) is 10.1 Å². The first kappa shape index (κ1) is 13.9. The van der Waals surface area contributed by atoms with Crippen LogP contribution in [0.5, 0.6) is 0 Å². The molecular weight excluding hydrogens is 268 g/mol. The number of nitrogens with two attached hydrogens (primary N) is 1. The third kappa shape index (κ3) is 5.27. The Morgan fingerprint density at radius 1 is 1.62 bits per heavy atom. The SMILES string of the molecule is CC(NCCCS(N)(=O)=O)c1csc(Cl)c1. The van der Waals surface area contributed by atoms with E-state index in [-0.39, 0.29) is 11.8 Å². The third-order valence-corrected chi connectivity index (χ3v) is 4.11. The molecule has 0 aliphatic heterocycles. The molecule has 0 spiro atoms. The van der Waals surface area contributed by atoms with Crippen LogP contribution in [0.15, 0.2) is 11.4 Å². The fourth-order valence-corrected chi connectivity index (χ4v) is 2.79. The van der Waals surface area contributed by atoms with Crippen LogP contribution in [0.2, 0.25) is 4.34 Å². The molecule has 16 heavy (non-hydrogen) atoms. The second-order valence-electron chi connectivity index (χ2n) is 3.58. The van der Waals surface area contributed by atoms with E-state index < -0.39 is 10.0 Å². The number of rotatable bonds is 6. The molecule has 92 valence electrons. The second kappa shape index (κ2) is 5.97. The Bertz CT molecular complexity index is 430. The lowest BCUT2D eigenvalue weighted by Crippen LogP contribution is -2.24. The van der Waals surface area contributed by atoms with Crippen LogP contribution in [0.4, 0.5) is 0 Å². The first-order valence-electron chi connectivity index (χ1n) is 4.86. The van der Waals surface area contributed by atoms with Crippen molar-refractivity contribution in [2.45, 2.75) is 19.4 Å². The predicted molar refractivity (Wildman–Crippen MR) is 68.3 cm³/mol. The first-order chi connectivity index (χ1) is 7.38. The van der Waals surface area contributed by atoms with E-state index in [1.165, 1.54) is 11.3 Å². The topological polar surface area (TPSA) is 72.2 Å². The van der Waals surface area contributed by atoms with E-state index in [0.29, 0.717) is 13.0 Å². The lowest BCUT2D eigenvalue weighted by Gasteiger charge is -2.11. The number of nitrogens with one attached hydrogen (secondary N) is 1. The summed E-state index contributed by atoms with van der Waals surface area (Å²) in [5, 5.41) is 10.1. The zero-order chi connectivity index (χ0) is 12.2. The molecule has 0 saturated heterocycles. The van der Waals surface area contributed by atoms with Gasteiger partial charge in [0.25, 0.3) is 0 Å². The molecule has 4 nitrogen and oxygen atoms in total. The molecule has 0 fully saturated rings. The normalized spacial score (nSPS) is 13.9. The lowest BCUT2D eigenvalue weighted by molar-refractivity contribution is 0.562. The van der Waals surface area contributed by atoms with Crippen molar-refractivity contribution in [3.05, 3.63) is 21.3 Å². The molecule has 7 heteroatoms. The largest absolute Gasteiger partial charge is 0.310 e. The molecule has 3 N–H and O–H groups in total. The van der Waals surface area contributed by atoms with Crippen LogP contribution in [0.25, 0.3) is 0 Å². The second-order valence-corrected chi connectivity index (χ2v) is 6.86. The zero-order valence-electron chi connectivity index (χ0n) is 8.94. The highest BCUT2D eigenvalue weighted by Crippen LogP contribution is 2.24. The van der Waals surface area contributed by atoms with Gasteiger partial charge in [0.15, 0.2) is 0 Å². The van der Waals surface area contributed by atoms with Crippen LogP contribution < -0.4 is 10.5 Å². The molecule has 0 amide bonds. The number of halogens is 1. The van der Waals surface area contributed by atoms with E-state index in [4.69, 9.17) is 16.7 Å². The fourth-order valence-electron chi connectivity index (χ4n) is 1.26. The Labute approximate surface area is 105 Å². The van der Waals surface area contributed by atoms with Crippen molar-refractivity contribution < 1.29 is 8.42 Å². The average Bonchev–Trinajstić information content (AvgIpc) is 2.57. The molecule has 0 aromatic carbocycles. The minimum atomic E-state index is -3.34. The highest BCUT2D eigenvalue weighted by atomic mass is 35.5. The van der Waals surface area contributed by atoms with Gasteiger partial charge < -0.3 is 5.32 Å². The molecule has 0 aliphatic rings. The Balaban J connectivity index is 2.28. The van der Waals surface area contributed by atoms with Crippen LogP contribution in [-0.4, -0.2) is 20.7 Å². The van der Waals surface area contributed by atoms with E-state index >= 15 is 0 Å². The fraction of sp³-hybridized carbons (Fsp3) is 0.556. The van der Waals surface area contributed by atoms with Gasteiger partial charge >= 0.3 is 0 Å². The number of thiophene rings is 1. The monoisotopic (exact) mass is 282 g/mol. The number of hydrogen-bond donors (Lipinski definition) is 2. The molecule has 1 aromatic rings. The summed E-state index contributed by atoms with van der Waals surface area (Å²) in [5.74, 6) is 0.0110. The maximum Gasteiger partial charge on any atom is 0.209 e. The Kier molecular flexibility index (Phi) is 5.20. The summed E-state index contributed by atoms with van der Waals surface area (Å²) >= 11 is 7.31. The quantitative estimate of drug-likeness (QED) is 0.781. The zero-order valence-corrected chi connectivity index (χ0v) is 11.3.